The van der Waals surface area contributed by atoms with Crippen LogP contribution in [0, 0.1) is 5.92 Å². The molecule has 5 nitrogen and oxygen atoms in total. The van der Waals surface area contributed by atoms with Gasteiger partial charge in [0.15, 0.2) is 0 Å². The van der Waals surface area contributed by atoms with Crippen molar-refractivity contribution in [2.24, 2.45) is 5.92 Å². The maximum absolute atomic E-state index is 12.0. The molecule has 1 aromatic rings. The van der Waals surface area contributed by atoms with Gasteiger partial charge in [-0.05, 0) is 37.0 Å². The third-order valence-corrected chi connectivity index (χ3v) is 4.80. The minimum atomic E-state index is 0.0322. The van der Waals surface area contributed by atoms with Gasteiger partial charge in [0, 0.05) is 24.7 Å². The Bertz CT molecular complexity index is 543. The molecule has 0 aromatic heterocycles. The highest BCUT2D eigenvalue weighted by Crippen LogP contribution is 2.29. The molecule has 0 atom stereocenters. The van der Waals surface area contributed by atoms with Crippen molar-refractivity contribution in [2.45, 2.75) is 19.3 Å². The molecular weight excluding hydrogens is 314 g/mol. The summed E-state index contributed by atoms with van der Waals surface area (Å²) in [6.45, 7) is 4.22. The van der Waals surface area contributed by atoms with Crippen molar-refractivity contribution in [3.63, 3.8) is 0 Å². The zero-order valence-electron chi connectivity index (χ0n) is 13.3. The van der Waals surface area contributed by atoms with E-state index in [-0.39, 0.29) is 12.5 Å². The first-order valence-corrected chi connectivity index (χ1v) is 8.73. The molecular formula is C17H24ClN3O2. The zero-order chi connectivity index (χ0) is 16.1. The van der Waals surface area contributed by atoms with Gasteiger partial charge in [0.2, 0.25) is 5.91 Å². The van der Waals surface area contributed by atoms with Crippen molar-refractivity contribution in [1.82, 2.24) is 5.32 Å². The number of hydrogen-bond acceptors (Lipinski definition) is 4. The van der Waals surface area contributed by atoms with Crippen LogP contribution in [0.1, 0.15) is 19.3 Å². The van der Waals surface area contributed by atoms with Gasteiger partial charge in [0.1, 0.15) is 0 Å². The topological polar surface area (TPSA) is 53.6 Å². The molecule has 0 unspecified atom stereocenters. The Morgan fingerprint density at radius 3 is 2.78 bits per heavy atom. The number of halogens is 1. The van der Waals surface area contributed by atoms with Crippen LogP contribution in [0.4, 0.5) is 11.4 Å². The molecule has 1 aliphatic carbocycles. The standard InChI is InChI=1S/C17H24ClN3O2/c18-14-4-5-16(21-6-8-23-9-7-21)15(10-14)19-12-17(22)20-11-13-2-1-3-13/h4-5,10,13,19H,1-3,6-9,11-12H2,(H,20,22). The van der Waals surface area contributed by atoms with Gasteiger partial charge in [0.25, 0.3) is 0 Å². The molecule has 1 heterocycles. The fourth-order valence-electron chi connectivity index (χ4n) is 2.92. The first-order valence-electron chi connectivity index (χ1n) is 8.35. The largest absolute Gasteiger partial charge is 0.378 e. The lowest BCUT2D eigenvalue weighted by molar-refractivity contribution is -0.119. The summed E-state index contributed by atoms with van der Waals surface area (Å²) < 4.78 is 5.40. The monoisotopic (exact) mass is 337 g/mol. The predicted molar refractivity (Wildman–Crippen MR) is 93.3 cm³/mol. The molecule has 0 radical (unpaired) electrons. The van der Waals surface area contributed by atoms with Crippen LogP contribution in [-0.4, -0.2) is 45.3 Å². The Balaban J connectivity index is 1.56. The van der Waals surface area contributed by atoms with E-state index >= 15 is 0 Å². The van der Waals surface area contributed by atoms with Crippen LogP contribution < -0.4 is 15.5 Å². The minimum Gasteiger partial charge on any atom is -0.378 e. The molecule has 2 N–H and O–H groups in total. The normalized spacial score (nSPS) is 18.4. The summed E-state index contributed by atoms with van der Waals surface area (Å²) in [6.07, 6.45) is 3.77. The Labute approximate surface area is 142 Å². The smallest absolute Gasteiger partial charge is 0.239 e. The molecule has 1 saturated heterocycles. The van der Waals surface area contributed by atoms with Gasteiger partial charge in [-0.15, -0.1) is 0 Å². The highest BCUT2D eigenvalue weighted by molar-refractivity contribution is 6.31. The van der Waals surface area contributed by atoms with Gasteiger partial charge in [-0.2, -0.15) is 0 Å². The number of morpholine rings is 1. The number of carbonyl (C=O) groups is 1. The highest BCUT2D eigenvalue weighted by atomic mass is 35.5. The van der Waals surface area contributed by atoms with E-state index in [1.54, 1.807) is 0 Å². The molecule has 1 amide bonds. The number of benzene rings is 1. The quantitative estimate of drug-likeness (QED) is 0.837. The summed E-state index contributed by atoms with van der Waals surface area (Å²) in [5.74, 6) is 0.707. The molecule has 0 bridgehead atoms. The van der Waals surface area contributed by atoms with Crippen LogP contribution in [0.3, 0.4) is 0 Å². The van der Waals surface area contributed by atoms with E-state index in [1.165, 1.54) is 19.3 Å². The highest BCUT2D eigenvalue weighted by Gasteiger charge is 2.18. The maximum atomic E-state index is 12.0. The van der Waals surface area contributed by atoms with Crippen LogP contribution in [0.25, 0.3) is 0 Å². The van der Waals surface area contributed by atoms with Crippen LogP contribution in [0.5, 0.6) is 0 Å². The second-order valence-corrected chi connectivity index (χ2v) is 6.65. The molecule has 0 spiro atoms. The molecule has 23 heavy (non-hydrogen) atoms. The third-order valence-electron chi connectivity index (χ3n) is 4.56. The molecule has 3 rings (SSSR count). The summed E-state index contributed by atoms with van der Waals surface area (Å²) in [7, 11) is 0. The lowest BCUT2D eigenvalue weighted by Crippen LogP contribution is -2.37. The average Bonchev–Trinajstić information content (AvgIpc) is 2.52. The molecule has 1 saturated carbocycles. The van der Waals surface area contributed by atoms with Crippen molar-refractivity contribution >= 4 is 28.9 Å². The summed E-state index contributed by atoms with van der Waals surface area (Å²) in [4.78, 5) is 14.3. The Morgan fingerprint density at radius 1 is 1.30 bits per heavy atom. The Hall–Kier alpha value is -1.46. The van der Waals surface area contributed by atoms with Gasteiger partial charge in [-0.25, -0.2) is 0 Å². The van der Waals surface area contributed by atoms with Crippen LogP contribution in [0.2, 0.25) is 5.02 Å². The van der Waals surface area contributed by atoms with E-state index in [4.69, 9.17) is 16.3 Å². The SMILES string of the molecule is O=C(CNc1cc(Cl)ccc1N1CCOCC1)NCC1CCC1. The average molecular weight is 338 g/mol. The number of nitrogens with zero attached hydrogens (tertiary/aromatic N) is 1. The van der Waals surface area contributed by atoms with Gasteiger partial charge in [-0.1, -0.05) is 18.0 Å². The summed E-state index contributed by atoms with van der Waals surface area (Å²) in [5.41, 5.74) is 1.97. The van der Waals surface area contributed by atoms with Crippen LogP contribution in [0.15, 0.2) is 18.2 Å². The summed E-state index contributed by atoms with van der Waals surface area (Å²) in [6, 6.07) is 5.77. The number of nitrogens with one attached hydrogen (secondary N) is 2. The molecule has 6 heteroatoms. The number of anilines is 2. The van der Waals surface area contributed by atoms with Gasteiger partial charge in [0.05, 0.1) is 31.1 Å². The lowest BCUT2D eigenvalue weighted by atomic mass is 9.85. The Morgan fingerprint density at radius 2 is 2.09 bits per heavy atom. The van der Waals surface area contributed by atoms with Crippen molar-refractivity contribution in [3.8, 4) is 0 Å². The number of ether oxygens (including phenoxy) is 1. The number of carbonyl (C=O) groups excluding carboxylic acids is 1. The minimum absolute atomic E-state index is 0.0322. The maximum Gasteiger partial charge on any atom is 0.239 e. The lowest BCUT2D eigenvalue weighted by Gasteiger charge is -2.31. The molecule has 2 aliphatic rings. The molecule has 126 valence electrons. The van der Waals surface area contributed by atoms with Crippen molar-refractivity contribution in [2.75, 3.05) is 49.6 Å². The Kier molecular flexibility index (Phi) is 5.62. The second kappa shape index (κ2) is 7.88. The fraction of sp³-hybridized carbons (Fsp3) is 0.588. The fourth-order valence-corrected chi connectivity index (χ4v) is 3.10. The zero-order valence-corrected chi connectivity index (χ0v) is 14.1. The summed E-state index contributed by atoms with van der Waals surface area (Å²) >= 11 is 6.12. The molecule has 1 aromatic carbocycles. The molecule has 2 fully saturated rings. The van der Waals surface area contributed by atoms with Crippen LogP contribution in [-0.2, 0) is 9.53 Å². The second-order valence-electron chi connectivity index (χ2n) is 6.22. The summed E-state index contributed by atoms with van der Waals surface area (Å²) in [5, 5.41) is 6.90. The van der Waals surface area contributed by atoms with Crippen LogP contribution >= 0.6 is 11.6 Å². The van der Waals surface area contributed by atoms with E-state index in [0.717, 1.165) is 44.2 Å². The first kappa shape index (κ1) is 16.4. The van der Waals surface area contributed by atoms with Gasteiger partial charge in [-0.3, -0.25) is 4.79 Å². The van der Waals surface area contributed by atoms with Gasteiger partial charge >= 0.3 is 0 Å². The molecule has 1 aliphatic heterocycles. The van der Waals surface area contributed by atoms with E-state index in [0.29, 0.717) is 10.9 Å². The third kappa shape index (κ3) is 4.52. The van der Waals surface area contributed by atoms with Crippen molar-refractivity contribution in [3.05, 3.63) is 23.2 Å². The first-order chi connectivity index (χ1) is 11.2. The number of hydrogen-bond donors (Lipinski definition) is 2. The van der Waals surface area contributed by atoms with E-state index in [9.17, 15) is 4.79 Å². The van der Waals surface area contributed by atoms with Gasteiger partial charge < -0.3 is 20.3 Å². The van der Waals surface area contributed by atoms with E-state index in [1.807, 2.05) is 18.2 Å². The van der Waals surface area contributed by atoms with E-state index < -0.39 is 0 Å². The number of amides is 1. The van der Waals surface area contributed by atoms with Crippen molar-refractivity contribution in [1.29, 1.82) is 0 Å². The van der Waals surface area contributed by atoms with E-state index in [2.05, 4.69) is 15.5 Å². The number of rotatable bonds is 6. The van der Waals surface area contributed by atoms with Crippen molar-refractivity contribution < 1.29 is 9.53 Å². The predicted octanol–water partition coefficient (Wildman–Crippen LogP) is 2.50.